The molecular formula is C13H18N2O3. The van der Waals surface area contributed by atoms with E-state index in [2.05, 4.69) is 10.1 Å². The van der Waals surface area contributed by atoms with Crippen molar-refractivity contribution >= 4 is 11.9 Å². The lowest BCUT2D eigenvalue weighted by atomic mass is 10.1. The molecule has 0 aromatic heterocycles. The molecule has 0 saturated carbocycles. The third-order valence-corrected chi connectivity index (χ3v) is 2.65. The number of ether oxygens (including phenoxy) is 1. The molecule has 1 aromatic carbocycles. The first-order chi connectivity index (χ1) is 8.62. The summed E-state index contributed by atoms with van der Waals surface area (Å²) in [6, 6.07) is 6.39. The predicted octanol–water partition coefficient (Wildman–Crippen LogP) is 0.479. The topological polar surface area (TPSA) is 81.4 Å². The summed E-state index contributed by atoms with van der Waals surface area (Å²) in [7, 11) is 1.26. The highest BCUT2D eigenvalue weighted by molar-refractivity contribution is 5.96. The van der Waals surface area contributed by atoms with Crippen LogP contribution in [0, 0.1) is 0 Å². The highest BCUT2D eigenvalue weighted by atomic mass is 16.5. The monoisotopic (exact) mass is 250 g/mol. The number of amides is 1. The molecule has 0 unspecified atom stereocenters. The summed E-state index contributed by atoms with van der Waals surface area (Å²) in [6.45, 7) is 2.04. The Balaban J connectivity index is 2.71. The first-order valence-corrected chi connectivity index (χ1v) is 5.80. The minimum Gasteiger partial charge on any atom is -0.467 e. The molecule has 1 rings (SSSR count). The maximum Gasteiger partial charge on any atom is 0.329 e. The SMILES string of the molecule is CCc1ccc(C(=O)N[C@@H](CN)C(=O)OC)cc1. The fraction of sp³-hybridized carbons (Fsp3) is 0.385. The van der Waals surface area contributed by atoms with Crippen LogP contribution < -0.4 is 11.1 Å². The molecule has 0 heterocycles. The van der Waals surface area contributed by atoms with E-state index in [-0.39, 0.29) is 12.5 Å². The van der Waals surface area contributed by atoms with Gasteiger partial charge in [0.25, 0.3) is 5.91 Å². The lowest BCUT2D eigenvalue weighted by Gasteiger charge is -2.14. The van der Waals surface area contributed by atoms with Gasteiger partial charge < -0.3 is 15.8 Å². The van der Waals surface area contributed by atoms with E-state index in [1.54, 1.807) is 12.1 Å². The molecule has 0 fully saturated rings. The quantitative estimate of drug-likeness (QED) is 0.745. The van der Waals surface area contributed by atoms with Crippen LogP contribution in [0.2, 0.25) is 0 Å². The largest absolute Gasteiger partial charge is 0.467 e. The molecule has 0 aliphatic heterocycles. The van der Waals surface area contributed by atoms with Crippen molar-refractivity contribution in [3.63, 3.8) is 0 Å². The maximum absolute atomic E-state index is 11.9. The third kappa shape index (κ3) is 3.56. The number of hydrogen-bond donors (Lipinski definition) is 2. The lowest BCUT2D eigenvalue weighted by Crippen LogP contribution is -2.46. The van der Waals surface area contributed by atoms with E-state index in [4.69, 9.17) is 5.73 Å². The van der Waals surface area contributed by atoms with Crippen molar-refractivity contribution in [2.45, 2.75) is 19.4 Å². The molecule has 5 nitrogen and oxygen atoms in total. The number of hydrogen-bond acceptors (Lipinski definition) is 4. The van der Waals surface area contributed by atoms with E-state index >= 15 is 0 Å². The summed E-state index contributed by atoms with van der Waals surface area (Å²) < 4.78 is 4.54. The van der Waals surface area contributed by atoms with Crippen LogP contribution in [0.25, 0.3) is 0 Å². The number of aryl methyl sites for hydroxylation is 1. The first-order valence-electron chi connectivity index (χ1n) is 5.80. The zero-order valence-corrected chi connectivity index (χ0v) is 10.6. The van der Waals surface area contributed by atoms with Crippen LogP contribution >= 0.6 is 0 Å². The van der Waals surface area contributed by atoms with Crippen LogP contribution in [-0.4, -0.2) is 31.6 Å². The Labute approximate surface area is 106 Å². The van der Waals surface area contributed by atoms with Gasteiger partial charge >= 0.3 is 5.97 Å². The van der Waals surface area contributed by atoms with Gasteiger partial charge in [0.05, 0.1) is 7.11 Å². The number of carbonyl (C=O) groups is 2. The highest BCUT2D eigenvalue weighted by Crippen LogP contribution is 2.05. The van der Waals surface area contributed by atoms with E-state index in [0.717, 1.165) is 12.0 Å². The molecule has 0 saturated heterocycles. The molecule has 0 spiro atoms. The van der Waals surface area contributed by atoms with Crippen LogP contribution in [0.3, 0.4) is 0 Å². The summed E-state index contributed by atoms with van der Waals surface area (Å²) in [6.07, 6.45) is 0.912. The number of rotatable bonds is 5. The number of esters is 1. The van der Waals surface area contributed by atoms with Crippen molar-refractivity contribution in [1.29, 1.82) is 0 Å². The van der Waals surface area contributed by atoms with Crippen molar-refractivity contribution in [1.82, 2.24) is 5.32 Å². The molecule has 0 radical (unpaired) electrons. The van der Waals surface area contributed by atoms with Crippen LogP contribution in [-0.2, 0) is 16.0 Å². The molecule has 0 bridgehead atoms. The average molecular weight is 250 g/mol. The van der Waals surface area contributed by atoms with Gasteiger partial charge in [0.2, 0.25) is 0 Å². The number of methoxy groups -OCH3 is 1. The Hall–Kier alpha value is -1.88. The van der Waals surface area contributed by atoms with E-state index in [9.17, 15) is 9.59 Å². The van der Waals surface area contributed by atoms with Gasteiger partial charge in [0, 0.05) is 12.1 Å². The standard InChI is InChI=1S/C13H18N2O3/c1-3-9-4-6-10(7-5-9)12(16)15-11(8-14)13(17)18-2/h4-7,11H,3,8,14H2,1-2H3,(H,15,16)/t11-/m0/s1. The van der Waals surface area contributed by atoms with E-state index in [1.807, 2.05) is 19.1 Å². The lowest BCUT2D eigenvalue weighted by molar-refractivity contribution is -0.142. The van der Waals surface area contributed by atoms with Crippen LogP contribution in [0.15, 0.2) is 24.3 Å². The molecule has 1 atom stereocenters. The van der Waals surface area contributed by atoms with Crippen LogP contribution in [0.1, 0.15) is 22.8 Å². The van der Waals surface area contributed by atoms with Crippen molar-refractivity contribution < 1.29 is 14.3 Å². The minimum atomic E-state index is -0.812. The number of nitrogens with one attached hydrogen (secondary N) is 1. The number of benzene rings is 1. The summed E-state index contributed by atoms with van der Waals surface area (Å²) in [4.78, 5) is 23.2. The van der Waals surface area contributed by atoms with Gasteiger partial charge in [-0.3, -0.25) is 4.79 Å². The Bertz CT molecular complexity index is 415. The fourth-order valence-corrected chi connectivity index (χ4v) is 1.49. The zero-order valence-electron chi connectivity index (χ0n) is 10.6. The Kier molecular flexibility index (Phi) is 5.32. The molecule has 0 aliphatic rings. The van der Waals surface area contributed by atoms with Crippen molar-refractivity contribution in [3.8, 4) is 0 Å². The number of nitrogens with two attached hydrogens (primary N) is 1. The van der Waals surface area contributed by atoms with Crippen molar-refractivity contribution in [2.24, 2.45) is 5.73 Å². The molecule has 98 valence electrons. The van der Waals surface area contributed by atoms with Gasteiger partial charge in [-0.15, -0.1) is 0 Å². The first kappa shape index (κ1) is 14.2. The zero-order chi connectivity index (χ0) is 13.5. The van der Waals surface area contributed by atoms with Crippen molar-refractivity contribution in [3.05, 3.63) is 35.4 Å². The predicted molar refractivity (Wildman–Crippen MR) is 68.1 cm³/mol. The van der Waals surface area contributed by atoms with Crippen molar-refractivity contribution in [2.75, 3.05) is 13.7 Å². The molecule has 5 heteroatoms. The molecule has 0 aliphatic carbocycles. The van der Waals surface area contributed by atoms with E-state index in [1.165, 1.54) is 7.11 Å². The Morgan fingerprint density at radius 1 is 1.33 bits per heavy atom. The van der Waals surface area contributed by atoms with Gasteiger partial charge in [0.1, 0.15) is 6.04 Å². The molecule has 18 heavy (non-hydrogen) atoms. The molecule has 1 amide bonds. The third-order valence-electron chi connectivity index (χ3n) is 2.65. The summed E-state index contributed by atoms with van der Waals surface area (Å²) in [5.41, 5.74) is 7.05. The minimum absolute atomic E-state index is 0.00541. The highest BCUT2D eigenvalue weighted by Gasteiger charge is 2.20. The molecule has 3 N–H and O–H groups in total. The van der Waals surface area contributed by atoms with Gasteiger partial charge in [-0.2, -0.15) is 0 Å². The second-order valence-corrected chi connectivity index (χ2v) is 3.84. The van der Waals surface area contributed by atoms with Crippen LogP contribution in [0.4, 0.5) is 0 Å². The number of carbonyl (C=O) groups excluding carboxylic acids is 2. The van der Waals surface area contributed by atoms with Gasteiger partial charge in [-0.05, 0) is 24.1 Å². The maximum atomic E-state index is 11.9. The van der Waals surface area contributed by atoms with E-state index < -0.39 is 12.0 Å². The van der Waals surface area contributed by atoms with Gasteiger partial charge in [-0.25, -0.2) is 4.79 Å². The second kappa shape index (κ2) is 6.76. The summed E-state index contributed by atoms with van der Waals surface area (Å²) >= 11 is 0. The van der Waals surface area contributed by atoms with Gasteiger partial charge in [0.15, 0.2) is 0 Å². The molecular weight excluding hydrogens is 232 g/mol. The Morgan fingerprint density at radius 3 is 2.39 bits per heavy atom. The summed E-state index contributed by atoms with van der Waals surface area (Å²) in [5, 5.41) is 2.53. The second-order valence-electron chi connectivity index (χ2n) is 3.84. The van der Waals surface area contributed by atoms with Gasteiger partial charge in [-0.1, -0.05) is 19.1 Å². The average Bonchev–Trinajstić information content (AvgIpc) is 2.43. The fourth-order valence-electron chi connectivity index (χ4n) is 1.49. The van der Waals surface area contributed by atoms with Crippen LogP contribution in [0.5, 0.6) is 0 Å². The Morgan fingerprint density at radius 2 is 1.94 bits per heavy atom. The summed E-state index contributed by atoms with van der Waals surface area (Å²) in [5.74, 6) is -0.880. The molecule has 1 aromatic rings. The normalized spacial score (nSPS) is 11.7. The van der Waals surface area contributed by atoms with E-state index in [0.29, 0.717) is 5.56 Å². The smallest absolute Gasteiger partial charge is 0.329 e.